The van der Waals surface area contributed by atoms with Crippen molar-refractivity contribution >= 4 is 17.7 Å². The number of ether oxygens (including phenoxy) is 2. The smallest absolute Gasteiger partial charge is 0.344 e. The van der Waals surface area contributed by atoms with Gasteiger partial charge in [-0.2, -0.15) is 0 Å². The van der Waals surface area contributed by atoms with E-state index in [1.54, 1.807) is 24.3 Å². The van der Waals surface area contributed by atoms with Gasteiger partial charge in [-0.3, -0.25) is 0 Å². The van der Waals surface area contributed by atoms with Crippen molar-refractivity contribution in [3.05, 3.63) is 54.1 Å². The number of cyclic esters (lactones) is 1. The third-order valence-corrected chi connectivity index (χ3v) is 2.21. The first-order chi connectivity index (χ1) is 8.22. The van der Waals surface area contributed by atoms with Crippen molar-refractivity contribution < 1.29 is 19.1 Å². The molecule has 17 heavy (non-hydrogen) atoms. The number of carbonyl (C=O) groups excluding carboxylic acids is 2. The van der Waals surface area contributed by atoms with Gasteiger partial charge in [0.1, 0.15) is 12.4 Å². The number of esters is 2. The quantitative estimate of drug-likeness (QED) is 0.452. The van der Waals surface area contributed by atoms with Gasteiger partial charge < -0.3 is 9.47 Å². The van der Waals surface area contributed by atoms with E-state index >= 15 is 0 Å². The maximum Gasteiger partial charge on any atom is 0.344 e. The van der Waals surface area contributed by atoms with Crippen molar-refractivity contribution in [3.8, 4) is 0 Å². The molecule has 1 aliphatic heterocycles. The van der Waals surface area contributed by atoms with E-state index in [1.165, 1.54) is 6.08 Å². The summed E-state index contributed by atoms with van der Waals surface area (Å²) in [5, 5.41) is 0. The molecule has 0 N–H and O–H groups in total. The summed E-state index contributed by atoms with van der Waals surface area (Å²) in [6.45, 7) is 3.55. The second-order valence-corrected chi connectivity index (χ2v) is 3.36. The zero-order valence-electron chi connectivity index (χ0n) is 9.01. The van der Waals surface area contributed by atoms with E-state index in [4.69, 9.17) is 9.47 Å². The van der Waals surface area contributed by atoms with Gasteiger partial charge in [-0.25, -0.2) is 9.59 Å². The fourth-order valence-corrected chi connectivity index (χ4v) is 1.48. The van der Waals surface area contributed by atoms with Crippen LogP contribution in [0.3, 0.4) is 0 Å². The lowest BCUT2D eigenvalue weighted by atomic mass is 10.1. The molecule has 86 valence electrons. The molecular formula is C13H10O4. The number of fused-ring (bicyclic) bond motifs is 1. The Kier molecular flexibility index (Phi) is 3.05. The first kappa shape index (κ1) is 11.1. The van der Waals surface area contributed by atoms with Crippen LogP contribution < -0.4 is 0 Å². The van der Waals surface area contributed by atoms with Gasteiger partial charge in [-0.05, 0) is 6.07 Å². The molecule has 0 aliphatic carbocycles. The summed E-state index contributed by atoms with van der Waals surface area (Å²) in [5.74, 6) is -0.799. The van der Waals surface area contributed by atoms with Crippen LogP contribution in [0.25, 0.3) is 5.76 Å². The lowest BCUT2D eigenvalue weighted by molar-refractivity contribution is -0.136. The van der Waals surface area contributed by atoms with E-state index in [0.717, 1.165) is 6.08 Å². The lowest BCUT2D eigenvalue weighted by Gasteiger charge is -1.99. The van der Waals surface area contributed by atoms with Crippen LogP contribution >= 0.6 is 0 Å². The molecule has 4 heteroatoms. The Hall–Kier alpha value is -2.36. The molecule has 0 radical (unpaired) electrons. The van der Waals surface area contributed by atoms with Crippen molar-refractivity contribution in [3.63, 3.8) is 0 Å². The number of hydrogen-bond donors (Lipinski definition) is 0. The first-order valence-corrected chi connectivity index (χ1v) is 5.03. The summed E-state index contributed by atoms with van der Waals surface area (Å²) in [6.07, 6.45) is 2.62. The molecule has 0 atom stereocenters. The van der Waals surface area contributed by atoms with Gasteiger partial charge in [-0.15, -0.1) is 0 Å². The Balaban J connectivity index is 2.25. The zero-order valence-corrected chi connectivity index (χ0v) is 9.01. The lowest BCUT2D eigenvalue weighted by Crippen LogP contribution is -2.01. The molecule has 1 aliphatic rings. The molecule has 0 aromatic heterocycles. The van der Waals surface area contributed by atoms with E-state index in [0.29, 0.717) is 11.1 Å². The maximum atomic E-state index is 11.4. The van der Waals surface area contributed by atoms with E-state index in [2.05, 4.69) is 6.58 Å². The normalized spacial score (nSPS) is 15.3. The summed E-state index contributed by atoms with van der Waals surface area (Å²) in [7, 11) is 0. The third-order valence-electron chi connectivity index (χ3n) is 2.21. The maximum absolute atomic E-state index is 11.4. The summed E-state index contributed by atoms with van der Waals surface area (Å²) in [4.78, 5) is 22.8. The summed E-state index contributed by atoms with van der Waals surface area (Å²) in [6, 6.07) is 6.86. The Labute approximate surface area is 98.2 Å². The monoisotopic (exact) mass is 230 g/mol. The SMILES string of the molecule is C=CCOC(=O)/C=C1\OC(=O)c2ccccc21. The number of hydrogen-bond acceptors (Lipinski definition) is 4. The van der Waals surface area contributed by atoms with Gasteiger partial charge in [0.2, 0.25) is 0 Å². The highest BCUT2D eigenvalue weighted by Crippen LogP contribution is 2.29. The van der Waals surface area contributed by atoms with Gasteiger partial charge in [0, 0.05) is 5.56 Å². The minimum absolute atomic E-state index is 0.123. The molecular weight excluding hydrogens is 220 g/mol. The Morgan fingerprint density at radius 1 is 1.35 bits per heavy atom. The van der Waals surface area contributed by atoms with Crippen LogP contribution in [0.5, 0.6) is 0 Å². The van der Waals surface area contributed by atoms with Crippen LogP contribution in [-0.4, -0.2) is 18.5 Å². The summed E-state index contributed by atoms with van der Waals surface area (Å²) < 4.78 is 9.76. The van der Waals surface area contributed by atoms with Gasteiger partial charge in [0.15, 0.2) is 0 Å². The number of benzene rings is 1. The highest BCUT2D eigenvalue weighted by atomic mass is 16.6. The molecule has 1 aromatic carbocycles. The van der Waals surface area contributed by atoms with E-state index in [-0.39, 0.29) is 12.4 Å². The van der Waals surface area contributed by atoms with Crippen LogP contribution in [0.2, 0.25) is 0 Å². The Morgan fingerprint density at radius 2 is 2.06 bits per heavy atom. The van der Waals surface area contributed by atoms with Crippen LogP contribution in [0.1, 0.15) is 15.9 Å². The predicted molar refractivity (Wildman–Crippen MR) is 61.0 cm³/mol. The summed E-state index contributed by atoms with van der Waals surface area (Å²) >= 11 is 0. The largest absolute Gasteiger partial charge is 0.458 e. The molecule has 0 amide bonds. The Bertz CT molecular complexity index is 514. The second kappa shape index (κ2) is 4.65. The van der Waals surface area contributed by atoms with Crippen molar-refractivity contribution in [1.29, 1.82) is 0 Å². The average molecular weight is 230 g/mol. The molecule has 0 saturated carbocycles. The van der Waals surface area contributed by atoms with Crippen molar-refractivity contribution in [1.82, 2.24) is 0 Å². The topological polar surface area (TPSA) is 52.6 Å². The fourth-order valence-electron chi connectivity index (χ4n) is 1.48. The Morgan fingerprint density at radius 3 is 2.76 bits per heavy atom. The van der Waals surface area contributed by atoms with Crippen LogP contribution in [-0.2, 0) is 14.3 Å². The minimum Gasteiger partial charge on any atom is -0.458 e. The van der Waals surface area contributed by atoms with Gasteiger partial charge in [0.05, 0.1) is 11.6 Å². The molecule has 0 bridgehead atoms. The summed E-state index contributed by atoms with van der Waals surface area (Å²) in [5.41, 5.74) is 1.06. The van der Waals surface area contributed by atoms with Crippen molar-refractivity contribution in [2.75, 3.05) is 6.61 Å². The highest BCUT2D eigenvalue weighted by Gasteiger charge is 2.26. The molecule has 0 spiro atoms. The number of carbonyl (C=O) groups is 2. The minimum atomic E-state index is -0.565. The van der Waals surface area contributed by atoms with Crippen LogP contribution in [0, 0.1) is 0 Å². The van der Waals surface area contributed by atoms with Crippen molar-refractivity contribution in [2.24, 2.45) is 0 Å². The first-order valence-electron chi connectivity index (χ1n) is 5.03. The van der Waals surface area contributed by atoms with Gasteiger partial charge >= 0.3 is 11.9 Å². The third kappa shape index (κ3) is 2.25. The van der Waals surface area contributed by atoms with Crippen molar-refractivity contribution in [2.45, 2.75) is 0 Å². The standard InChI is InChI=1S/C13H10O4/c1-2-7-16-12(14)8-11-9-5-3-4-6-10(9)13(15)17-11/h2-6,8H,1,7H2/b11-8-. The van der Waals surface area contributed by atoms with E-state index < -0.39 is 11.9 Å². The molecule has 0 saturated heterocycles. The molecule has 2 rings (SSSR count). The van der Waals surface area contributed by atoms with Crippen LogP contribution in [0.4, 0.5) is 0 Å². The molecule has 4 nitrogen and oxygen atoms in total. The zero-order chi connectivity index (χ0) is 12.3. The van der Waals surface area contributed by atoms with E-state index in [9.17, 15) is 9.59 Å². The predicted octanol–water partition coefficient (Wildman–Crippen LogP) is 1.93. The van der Waals surface area contributed by atoms with E-state index in [1.807, 2.05) is 0 Å². The van der Waals surface area contributed by atoms with Gasteiger partial charge in [0.25, 0.3) is 0 Å². The van der Waals surface area contributed by atoms with Gasteiger partial charge in [-0.1, -0.05) is 30.9 Å². The fraction of sp³-hybridized carbons (Fsp3) is 0.0769. The molecule has 1 heterocycles. The molecule has 0 fully saturated rings. The number of rotatable bonds is 3. The molecule has 1 aromatic rings. The second-order valence-electron chi connectivity index (χ2n) is 3.36. The molecule has 0 unspecified atom stereocenters. The average Bonchev–Trinajstić information content (AvgIpc) is 2.65. The highest BCUT2D eigenvalue weighted by molar-refractivity contribution is 6.05. The van der Waals surface area contributed by atoms with Crippen LogP contribution in [0.15, 0.2) is 43.0 Å².